The van der Waals surface area contributed by atoms with E-state index >= 15 is 0 Å². The van der Waals surface area contributed by atoms with Gasteiger partial charge in [0.1, 0.15) is 5.69 Å². The van der Waals surface area contributed by atoms with Crippen LogP contribution in [0.4, 0.5) is 4.39 Å². The van der Waals surface area contributed by atoms with Crippen molar-refractivity contribution in [1.29, 1.82) is 0 Å². The number of ether oxygens (including phenoxy) is 1. The van der Waals surface area contributed by atoms with Crippen LogP contribution in [0.25, 0.3) is 11.3 Å². The highest BCUT2D eigenvalue weighted by molar-refractivity contribution is 5.93. The Morgan fingerprint density at radius 2 is 1.83 bits per heavy atom. The zero-order chi connectivity index (χ0) is 19.9. The number of nitrogens with zero attached hydrogens (tertiary/aromatic N) is 3. The van der Waals surface area contributed by atoms with E-state index < -0.39 is 5.82 Å². The third-order valence-corrected chi connectivity index (χ3v) is 6.21. The molecule has 2 fully saturated rings. The van der Waals surface area contributed by atoms with Crippen LogP contribution in [0.5, 0.6) is 5.75 Å². The Kier molecular flexibility index (Phi) is 7.77. The van der Waals surface area contributed by atoms with Crippen LogP contribution in [0, 0.1) is 11.7 Å². The molecule has 1 saturated heterocycles. The summed E-state index contributed by atoms with van der Waals surface area (Å²) >= 11 is 0. The molecule has 6 nitrogen and oxygen atoms in total. The van der Waals surface area contributed by atoms with Crippen LogP contribution in [-0.4, -0.2) is 64.7 Å². The van der Waals surface area contributed by atoms with Gasteiger partial charge in [0.15, 0.2) is 11.6 Å². The van der Waals surface area contributed by atoms with E-state index in [0.717, 1.165) is 19.0 Å². The molecule has 2 heterocycles. The van der Waals surface area contributed by atoms with E-state index in [1.165, 1.54) is 26.0 Å². The summed E-state index contributed by atoms with van der Waals surface area (Å²) in [6.07, 6.45) is 2.63. The van der Waals surface area contributed by atoms with Gasteiger partial charge in [0.25, 0.3) is 5.91 Å². The summed E-state index contributed by atoms with van der Waals surface area (Å²) in [6, 6.07) is 6.33. The van der Waals surface area contributed by atoms with Gasteiger partial charge in [0.05, 0.1) is 12.8 Å². The van der Waals surface area contributed by atoms with Crippen molar-refractivity contribution in [2.24, 2.45) is 5.92 Å². The van der Waals surface area contributed by atoms with E-state index in [0.29, 0.717) is 30.0 Å². The van der Waals surface area contributed by atoms with Crippen molar-refractivity contribution in [3.63, 3.8) is 0 Å². The second-order valence-electron chi connectivity index (χ2n) is 8.22. The van der Waals surface area contributed by atoms with E-state index in [1.54, 1.807) is 18.2 Å². The molecular weight excluding hydrogens is 430 g/mol. The monoisotopic (exact) mass is 458 g/mol. The van der Waals surface area contributed by atoms with E-state index in [4.69, 9.17) is 4.74 Å². The molecule has 2 aliphatic rings. The highest BCUT2D eigenvalue weighted by Gasteiger charge is 2.43. The molecule has 1 aliphatic heterocycles. The van der Waals surface area contributed by atoms with Gasteiger partial charge >= 0.3 is 0 Å². The predicted molar refractivity (Wildman–Crippen MR) is 119 cm³/mol. The standard InChI is InChI=1S/C21H27FN4O2.2ClH/c1-21(2,15-5-6-15)26-10-8-25(9-11-26)20(27)18-13-17(23-24-18)14-4-7-19(28-3)16(22)12-14;;/h4,7,12-13,15H,5-6,8-11H2,1-3H3,(H,23,24);2*1H. The molecule has 2 aromatic rings. The molecule has 30 heavy (non-hydrogen) atoms. The van der Waals surface area contributed by atoms with Gasteiger partial charge in [-0.3, -0.25) is 14.8 Å². The summed E-state index contributed by atoms with van der Waals surface area (Å²) in [5, 5.41) is 7.00. The number of nitrogens with one attached hydrogen (secondary N) is 1. The second kappa shape index (κ2) is 9.54. The fraction of sp³-hybridized carbons (Fsp3) is 0.524. The van der Waals surface area contributed by atoms with Gasteiger partial charge in [-0.05, 0) is 56.9 Å². The maximum absolute atomic E-state index is 13.9. The van der Waals surface area contributed by atoms with Crippen LogP contribution in [-0.2, 0) is 0 Å². The molecule has 1 N–H and O–H groups in total. The van der Waals surface area contributed by atoms with Crippen LogP contribution in [0.1, 0.15) is 37.2 Å². The lowest BCUT2D eigenvalue weighted by Gasteiger charge is -2.44. The highest BCUT2D eigenvalue weighted by Crippen LogP contribution is 2.43. The lowest BCUT2D eigenvalue weighted by Crippen LogP contribution is -2.56. The maximum Gasteiger partial charge on any atom is 0.271 e. The summed E-state index contributed by atoms with van der Waals surface area (Å²) in [5.74, 6) is 0.458. The number of halogens is 3. The van der Waals surface area contributed by atoms with Crippen molar-refractivity contribution in [1.82, 2.24) is 20.0 Å². The van der Waals surface area contributed by atoms with E-state index in [-0.39, 0.29) is 42.0 Å². The Bertz CT molecular complexity index is 878. The lowest BCUT2D eigenvalue weighted by atomic mass is 9.95. The summed E-state index contributed by atoms with van der Waals surface area (Å²) in [6.45, 7) is 7.83. The van der Waals surface area contributed by atoms with Crippen molar-refractivity contribution in [2.75, 3.05) is 33.3 Å². The third kappa shape index (κ3) is 4.74. The Balaban J connectivity index is 0.00000160. The minimum Gasteiger partial charge on any atom is -0.494 e. The van der Waals surface area contributed by atoms with Gasteiger partial charge in [0.2, 0.25) is 0 Å². The number of carbonyl (C=O) groups excluding carboxylic acids is 1. The molecule has 1 aromatic carbocycles. The Labute approximate surface area is 189 Å². The van der Waals surface area contributed by atoms with E-state index in [9.17, 15) is 9.18 Å². The van der Waals surface area contributed by atoms with E-state index in [2.05, 4.69) is 28.9 Å². The van der Waals surface area contributed by atoms with Gasteiger partial charge in [-0.2, -0.15) is 5.10 Å². The quantitative estimate of drug-likeness (QED) is 0.734. The van der Waals surface area contributed by atoms with Crippen LogP contribution in [0.2, 0.25) is 0 Å². The summed E-state index contributed by atoms with van der Waals surface area (Å²) in [7, 11) is 1.43. The molecule has 166 valence electrons. The molecule has 0 spiro atoms. The number of hydrogen-bond acceptors (Lipinski definition) is 4. The number of rotatable bonds is 5. The van der Waals surface area contributed by atoms with Crippen molar-refractivity contribution >= 4 is 30.7 Å². The summed E-state index contributed by atoms with van der Waals surface area (Å²) in [5.41, 5.74) is 1.79. The molecule has 1 aromatic heterocycles. The van der Waals surface area contributed by atoms with Gasteiger partial charge in [-0.25, -0.2) is 4.39 Å². The molecule has 1 aliphatic carbocycles. The maximum atomic E-state index is 13.9. The number of methoxy groups -OCH3 is 1. The average molecular weight is 459 g/mol. The first-order chi connectivity index (χ1) is 13.4. The molecular formula is C21H29Cl2FN4O2. The molecule has 4 rings (SSSR count). The number of carbonyl (C=O) groups is 1. The first-order valence-corrected chi connectivity index (χ1v) is 9.84. The Hall–Kier alpha value is -1.83. The zero-order valence-corrected chi connectivity index (χ0v) is 19.1. The number of hydrogen-bond donors (Lipinski definition) is 1. The van der Waals surface area contributed by atoms with Gasteiger partial charge < -0.3 is 9.64 Å². The zero-order valence-electron chi connectivity index (χ0n) is 17.5. The Morgan fingerprint density at radius 1 is 1.17 bits per heavy atom. The largest absolute Gasteiger partial charge is 0.494 e. The van der Waals surface area contributed by atoms with Crippen molar-refractivity contribution in [3.05, 3.63) is 35.8 Å². The van der Waals surface area contributed by atoms with Crippen molar-refractivity contribution in [2.45, 2.75) is 32.2 Å². The minimum atomic E-state index is -0.453. The van der Waals surface area contributed by atoms with Crippen LogP contribution >= 0.6 is 24.8 Å². The van der Waals surface area contributed by atoms with Crippen LogP contribution in [0.15, 0.2) is 24.3 Å². The molecule has 0 radical (unpaired) electrons. The Morgan fingerprint density at radius 3 is 2.40 bits per heavy atom. The molecule has 0 unspecified atom stereocenters. The number of aromatic amines is 1. The van der Waals surface area contributed by atoms with Crippen molar-refractivity contribution in [3.8, 4) is 17.0 Å². The fourth-order valence-corrected chi connectivity index (χ4v) is 4.11. The van der Waals surface area contributed by atoms with Gasteiger partial charge in [-0.1, -0.05) is 0 Å². The predicted octanol–water partition coefficient (Wildman–Crippen LogP) is 4.01. The smallest absolute Gasteiger partial charge is 0.271 e. The van der Waals surface area contributed by atoms with Crippen LogP contribution in [0.3, 0.4) is 0 Å². The molecule has 9 heteroatoms. The normalized spacial score (nSPS) is 17.1. The first kappa shape index (κ1) is 24.4. The molecule has 1 saturated carbocycles. The topological polar surface area (TPSA) is 61.5 Å². The number of benzene rings is 1. The number of amides is 1. The first-order valence-electron chi connectivity index (χ1n) is 9.84. The average Bonchev–Trinajstić information content (AvgIpc) is 3.46. The fourth-order valence-electron chi connectivity index (χ4n) is 4.11. The highest BCUT2D eigenvalue weighted by atomic mass is 35.5. The SMILES string of the molecule is COc1ccc(-c2cc(C(=O)N3CCN(C(C)(C)C4CC4)CC3)[nH]n2)cc1F.Cl.Cl. The number of H-pyrrole nitrogens is 1. The summed E-state index contributed by atoms with van der Waals surface area (Å²) in [4.78, 5) is 17.2. The number of aromatic nitrogens is 2. The summed E-state index contributed by atoms with van der Waals surface area (Å²) < 4.78 is 18.9. The molecule has 1 amide bonds. The lowest BCUT2D eigenvalue weighted by molar-refractivity contribution is 0.0324. The number of piperazine rings is 1. The minimum absolute atomic E-state index is 0. The second-order valence-corrected chi connectivity index (χ2v) is 8.22. The molecule has 0 atom stereocenters. The van der Waals surface area contributed by atoms with Gasteiger partial charge in [0, 0.05) is 37.3 Å². The van der Waals surface area contributed by atoms with E-state index in [1.807, 2.05) is 4.90 Å². The molecule has 0 bridgehead atoms. The third-order valence-electron chi connectivity index (χ3n) is 6.21. The van der Waals surface area contributed by atoms with Crippen LogP contribution < -0.4 is 4.74 Å². The van der Waals surface area contributed by atoms with Gasteiger partial charge in [-0.15, -0.1) is 24.8 Å². The van der Waals surface area contributed by atoms with Crippen molar-refractivity contribution < 1.29 is 13.9 Å².